The summed E-state index contributed by atoms with van der Waals surface area (Å²) >= 11 is 0. The third-order valence-corrected chi connectivity index (χ3v) is 19.2. The van der Waals surface area contributed by atoms with Crippen molar-refractivity contribution >= 4 is 103 Å². The van der Waals surface area contributed by atoms with Crippen molar-refractivity contribution in [1.29, 1.82) is 0 Å². The highest BCUT2D eigenvalue weighted by Crippen LogP contribution is 2.54. The van der Waals surface area contributed by atoms with E-state index in [1.54, 1.807) is 0 Å². The van der Waals surface area contributed by atoms with E-state index in [0.29, 0.717) is 0 Å². The number of fused-ring (bicyclic) bond motifs is 13. The van der Waals surface area contributed by atoms with Crippen LogP contribution in [-0.2, 0) is 21.7 Å². The molecule has 0 amide bonds. The molecule has 0 N–H and O–H groups in total. The molecule has 0 saturated carbocycles. The maximum Gasteiger partial charge on any atom is 0.333 e. The van der Waals surface area contributed by atoms with Crippen LogP contribution in [0.5, 0.6) is 0 Å². The second-order valence-electron chi connectivity index (χ2n) is 28.5. The van der Waals surface area contributed by atoms with E-state index in [2.05, 4.69) is 308 Å². The Morgan fingerprint density at radius 3 is 0.988 bits per heavy atom. The van der Waals surface area contributed by atoms with Crippen LogP contribution in [0.1, 0.15) is 105 Å². The van der Waals surface area contributed by atoms with Gasteiger partial charge in [-0.25, -0.2) is 0 Å². The van der Waals surface area contributed by atoms with E-state index in [1.165, 1.54) is 144 Å². The van der Waals surface area contributed by atoms with E-state index in [0.717, 1.165) is 11.4 Å². The molecule has 0 unspecified atom stereocenters. The first-order valence-corrected chi connectivity index (χ1v) is 30.4. The monoisotopic (exact) mass is 1080 g/mol. The lowest BCUT2D eigenvalue weighted by Gasteiger charge is -2.41. The van der Waals surface area contributed by atoms with Crippen LogP contribution in [0.25, 0.3) is 77.3 Å². The van der Waals surface area contributed by atoms with Crippen LogP contribution in [0, 0.1) is 0 Å². The summed E-state index contributed by atoms with van der Waals surface area (Å²) in [6, 6.07) is 79.8. The van der Waals surface area contributed by atoms with Gasteiger partial charge in [0.15, 0.2) is 0 Å². The zero-order valence-corrected chi connectivity index (χ0v) is 50.6. The lowest BCUT2D eigenvalue weighted by atomic mass is 9.44. The molecule has 0 saturated heterocycles. The fourth-order valence-electron chi connectivity index (χ4n) is 15.1. The molecule has 0 aliphatic carbocycles. The van der Waals surface area contributed by atoms with Gasteiger partial charge in [-0.15, -0.1) is 0 Å². The van der Waals surface area contributed by atoms with Gasteiger partial charge in [-0.2, -0.15) is 0 Å². The van der Waals surface area contributed by atoms with E-state index in [1.807, 2.05) is 0 Å². The Morgan fingerprint density at radius 2 is 0.631 bits per heavy atom. The van der Waals surface area contributed by atoms with Crippen LogP contribution in [0.4, 0.5) is 34.1 Å². The van der Waals surface area contributed by atoms with E-state index in [9.17, 15) is 0 Å². The van der Waals surface area contributed by atoms with Gasteiger partial charge in [0, 0.05) is 67.1 Å². The van der Waals surface area contributed by atoms with Crippen molar-refractivity contribution in [2.45, 2.75) is 105 Å². The Morgan fingerprint density at radius 1 is 0.286 bits per heavy atom. The van der Waals surface area contributed by atoms with Crippen molar-refractivity contribution in [3.05, 3.63) is 229 Å². The predicted octanol–water partition coefficient (Wildman–Crippen LogP) is 18.1. The molecule has 16 rings (SSSR count). The van der Waals surface area contributed by atoms with Crippen LogP contribution in [0.15, 0.2) is 206 Å². The fourth-order valence-corrected chi connectivity index (χ4v) is 15.1. The van der Waals surface area contributed by atoms with Crippen LogP contribution in [0.3, 0.4) is 0 Å². The molecule has 6 heterocycles. The summed E-state index contributed by atoms with van der Waals surface area (Å²) < 4.78 is 5.63. The molecule has 10 aromatic carbocycles. The second kappa shape index (κ2) is 17.4. The van der Waals surface area contributed by atoms with Crippen molar-refractivity contribution in [2.75, 3.05) is 9.80 Å². The second-order valence-corrected chi connectivity index (χ2v) is 28.5. The molecule has 0 radical (unpaired) electrons. The van der Waals surface area contributed by atoms with Gasteiger partial charge >= 0.3 is 13.7 Å². The third kappa shape index (κ3) is 7.15. The largest absolute Gasteiger partial charge is 0.374 e. The number of aromatic nitrogens is 2. The van der Waals surface area contributed by atoms with Crippen LogP contribution < -0.4 is 31.7 Å². The Hall–Kier alpha value is -8.73. The van der Waals surface area contributed by atoms with Crippen LogP contribution in [-0.4, -0.2) is 22.7 Å². The van der Waals surface area contributed by atoms with Gasteiger partial charge in [0.25, 0.3) is 0 Å². The summed E-state index contributed by atoms with van der Waals surface area (Å²) in [5.41, 5.74) is 33.2. The molecule has 12 aromatic rings. The first-order valence-electron chi connectivity index (χ1n) is 30.4. The summed E-state index contributed by atoms with van der Waals surface area (Å²) in [5, 5.41) is 2.57. The lowest BCUT2D eigenvalue weighted by Crippen LogP contribution is -2.56. The average molecular weight is 1090 g/mol. The van der Waals surface area contributed by atoms with Crippen molar-refractivity contribution in [3.63, 3.8) is 0 Å². The standard InChI is InChI=1S/C78H70B2N4/c1-75(2,3)49-41-47(42-50(45-49)76(4,5)6)55-37-39-65-69-67(55)57-29-23-31-59-71(57)83(79(69)61-33-19-21-35-63(61)81(65)53-25-15-13-16-26-53)74-60-32-24-30-58-68-56(48-43-51(77(7,8)9)46-52(44-48)78(10,11)12)38-40-66-70(68)80(84(72(58)60)73(59)74)62-34-20-22-36-64(62)82(66)54-27-17-14-18-28-54/h13-46H,1-12H3. The van der Waals surface area contributed by atoms with E-state index < -0.39 is 0 Å². The predicted molar refractivity (Wildman–Crippen MR) is 362 cm³/mol. The molecule has 0 fully saturated rings. The summed E-state index contributed by atoms with van der Waals surface area (Å²) in [5.74, 6) is 0. The number of hydrogen-bond donors (Lipinski definition) is 0. The van der Waals surface area contributed by atoms with Crippen molar-refractivity contribution in [2.24, 2.45) is 0 Å². The average Bonchev–Trinajstić information content (AvgIpc) is 1.49. The first-order chi connectivity index (χ1) is 40.3. The topological polar surface area (TPSA) is 16.3 Å². The Balaban J connectivity index is 1.07. The summed E-state index contributed by atoms with van der Waals surface area (Å²) in [4.78, 5) is 5.08. The highest BCUT2D eigenvalue weighted by atomic mass is 15.2. The minimum absolute atomic E-state index is 0.0514. The Kier molecular flexibility index (Phi) is 10.6. The quantitative estimate of drug-likeness (QED) is 0.163. The van der Waals surface area contributed by atoms with Gasteiger partial charge in [0.1, 0.15) is 0 Å². The van der Waals surface area contributed by atoms with Gasteiger partial charge in [-0.05, 0) is 148 Å². The molecule has 84 heavy (non-hydrogen) atoms. The van der Waals surface area contributed by atoms with Crippen molar-refractivity contribution in [3.8, 4) is 44.5 Å². The Bertz CT molecular complexity index is 4410. The molecule has 0 bridgehead atoms. The molecule has 4 aliphatic rings. The maximum atomic E-state index is 2.82. The van der Waals surface area contributed by atoms with Gasteiger partial charge in [-0.3, -0.25) is 0 Å². The summed E-state index contributed by atoms with van der Waals surface area (Å²) in [6.07, 6.45) is 0. The SMILES string of the molecule is CC(C)(C)c1cc(-c2ccc3c4c2-c2cccc5c2n(c2c6cccc7c6n(c52)B2c5ccccc5N(c5ccccc5)c5ccc(-c6cc(C(C)(C)C)cc(C(C)(C)C)c6)c-7c52)B4c2ccccc2N3c2ccccc2)cc(C(C)(C)C)c1. The first kappa shape index (κ1) is 51.0. The number of benzene rings is 10. The zero-order valence-electron chi connectivity index (χ0n) is 50.6. The molecular weight excluding hydrogens is 1010 g/mol. The fraction of sp³-hybridized carbons (Fsp3) is 0.205. The minimum Gasteiger partial charge on any atom is -0.374 e. The third-order valence-electron chi connectivity index (χ3n) is 19.2. The number of hydrogen-bond acceptors (Lipinski definition) is 2. The maximum absolute atomic E-state index is 2.82. The van der Waals surface area contributed by atoms with Crippen LogP contribution in [0.2, 0.25) is 0 Å². The number of rotatable bonds is 4. The molecular formula is C78H70B2N4. The highest BCUT2D eigenvalue weighted by Gasteiger charge is 2.48. The number of nitrogens with zero attached hydrogens (tertiary/aromatic N) is 4. The molecule has 4 aliphatic heterocycles. The molecule has 0 atom stereocenters. The smallest absolute Gasteiger partial charge is 0.333 e. The van der Waals surface area contributed by atoms with E-state index >= 15 is 0 Å². The molecule has 0 spiro atoms. The van der Waals surface area contributed by atoms with Gasteiger partial charge in [0.2, 0.25) is 0 Å². The summed E-state index contributed by atoms with van der Waals surface area (Å²) in [7, 11) is 0. The van der Waals surface area contributed by atoms with Crippen LogP contribution >= 0.6 is 0 Å². The summed E-state index contributed by atoms with van der Waals surface area (Å²) in [6.45, 7) is 28.0. The normalized spacial score (nSPS) is 14.1. The van der Waals surface area contributed by atoms with E-state index in [-0.39, 0.29) is 35.4 Å². The lowest BCUT2D eigenvalue weighted by molar-refractivity contribution is 0.568. The van der Waals surface area contributed by atoms with Gasteiger partial charge in [0.05, 0.1) is 11.0 Å². The Labute approximate surface area is 496 Å². The highest BCUT2D eigenvalue weighted by molar-refractivity contribution is 6.92. The van der Waals surface area contributed by atoms with E-state index in [4.69, 9.17) is 0 Å². The zero-order chi connectivity index (χ0) is 57.7. The van der Waals surface area contributed by atoms with Crippen molar-refractivity contribution in [1.82, 2.24) is 8.96 Å². The molecule has 6 heteroatoms. The van der Waals surface area contributed by atoms with Gasteiger partial charge < -0.3 is 18.8 Å². The van der Waals surface area contributed by atoms with Crippen molar-refractivity contribution < 1.29 is 0 Å². The van der Waals surface area contributed by atoms with Gasteiger partial charge in [-0.1, -0.05) is 241 Å². The number of para-hydroxylation sites is 6. The molecule has 2 aromatic heterocycles. The number of anilines is 6. The molecule has 4 nitrogen and oxygen atoms in total. The molecule has 408 valence electrons. The minimum atomic E-state index is -0.144.